The van der Waals surface area contributed by atoms with Gasteiger partial charge in [-0.25, -0.2) is 9.59 Å². The molecule has 0 saturated heterocycles. The van der Waals surface area contributed by atoms with Crippen LogP contribution >= 0.6 is 0 Å². The van der Waals surface area contributed by atoms with Crippen LogP contribution in [0.25, 0.3) is 0 Å². The topological polar surface area (TPSA) is 198 Å². The fraction of sp³-hybridized carbons (Fsp3) is 0.370. The van der Waals surface area contributed by atoms with Crippen LogP contribution in [0, 0.1) is 0 Å². The number of nitrogens with zero attached hydrogens (tertiary/aromatic N) is 1. The van der Waals surface area contributed by atoms with E-state index in [9.17, 15) is 37.5 Å². The Hall–Kier alpha value is -4.82. The number of hydrogen-bond acceptors (Lipinski definition) is 6. The van der Waals surface area contributed by atoms with E-state index in [0.717, 1.165) is 6.92 Å². The number of carbonyl (C=O) groups is 4. The van der Waals surface area contributed by atoms with Gasteiger partial charge in [0.25, 0.3) is 5.91 Å². The third-order valence-corrected chi connectivity index (χ3v) is 6.01. The van der Waals surface area contributed by atoms with Crippen molar-refractivity contribution in [3.8, 4) is 0 Å². The van der Waals surface area contributed by atoms with Crippen LogP contribution in [-0.4, -0.2) is 65.3 Å². The second kappa shape index (κ2) is 15.3. The van der Waals surface area contributed by atoms with E-state index >= 15 is 0 Å². The van der Waals surface area contributed by atoms with Crippen molar-refractivity contribution in [2.24, 2.45) is 16.5 Å². The van der Waals surface area contributed by atoms with E-state index in [1.54, 1.807) is 41.7 Å². The number of carboxylic acids is 1. The third-order valence-electron chi connectivity index (χ3n) is 6.01. The zero-order valence-corrected chi connectivity index (χ0v) is 22.7. The van der Waals surface area contributed by atoms with Crippen molar-refractivity contribution in [2.45, 2.75) is 56.6 Å². The first-order valence-electron chi connectivity index (χ1n) is 12.7. The van der Waals surface area contributed by atoms with Crippen molar-refractivity contribution in [1.82, 2.24) is 16.0 Å². The molecule has 3 amide bonds. The number of alkyl carbamates (subject to hydrolysis) is 1. The summed E-state index contributed by atoms with van der Waals surface area (Å²) in [6.45, 7) is 0.781. The largest absolute Gasteiger partial charge is 0.480 e. The molecular weight excluding hydrogens is 561 g/mol. The first-order chi connectivity index (χ1) is 19.7. The molecule has 0 aliphatic rings. The van der Waals surface area contributed by atoms with Gasteiger partial charge in [0, 0.05) is 13.0 Å². The second-order valence-corrected chi connectivity index (χ2v) is 9.30. The molecule has 42 heavy (non-hydrogen) atoms. The molecule has 0 fully saturated rings. The zero-order chi connectivity index (χ0) is 31.3. The predicted molar refractivity (Wildman–Crippen MR) is 146 cm³/mol. The van der Waals surface area contributed by atoms with Crippen LogP contribution in [0.3, 0.4) is 0 Å². The van der Waals surface area contributed by atoms with Crippen molar-refractivity contribution in [3.05, 3.63) is 71.8 Å². The molecule has 0 saturated carbocycles. The summed E-state index contributed by atoms with van der Waals surface area (Å²) in [7, 11) is 0. The van der Waals surface area contributed by atoms with Gasteiger partial charge in [0.1, 0.15) is 18.7 Å². The number of ether oxygens (including phenoxy) is 1. The molecule has 8 N–H and O–H groups in total. The third kappa shape index (κ3) is 9.98. The number of nitrogens with two attached hydrogens (primary N) is 2. The Morgan fingerprint density at radius 2 is 1.52 bits per heavy atom. The molecule has 0 bridgehead atoms. The highest BCUT2D eigenvalue weighted by molar-refractivity contribution is 5.95. The number of aliphatic carboxylic acids is 1. The summed E-state index contributed by atoms with van der Waals surface area (Å²) in [6.07, 6.45) is -7.84. The van der Waals surface area contributed by atoms with Gasteiger partial charge in [-0.3, -0.25) is 19.9 Å². The average molecular weight is 595 g/mol. The fourth-order valence-corrected chi connectivity index (χ4v) is 3.76. The molecule has 0 radical (unpaired) electrons. The van der Waals surface area contributed by atoms with Gasteiger partial charge in [-0.2, -0.15) is 13.2 Å². The van der Waals surface area contributed by atoms with Crippen molar-refractivity contribution in [1.29, 1.82) is 0 Å². The predicted octanol–water partition coefficient (Wildman–Crippen LogP) is 1.58. The lowest BCUT2D eigenvalue weighted by molar-refractivity contribution is -0.198. The highest BCUT2D eigenvalue weighted by atomic mass is 19.4. The second-order valence-electron chi connectivity index (χ2n) is 9.30. The van der Waals surface area contributed by atoms with Gasteiger partial charge in [0.05, 0.1) is 0 Å². The lowest BCUT2D eigenvalue weighted by Gasteiger charge is -2.35. The molecule has 3 atom stereocenters. The Bertz CT molecular complexity index is 1240. The molecule has 0 aromatic heterocycles. The number of amides is 3. The van der Waals surface area contributed by atoms with E-state index < -0.39 is 54.1 Å². The molecule has 12 nitrogen and oxygen atoms in total. The Kier molecular flexibility index (Phi) is 12.1. The van der Waals surface area contributed by atoms with E-state index in [4.69, 9.17) is 16.2 Å². The van der Waals surface area contributed by atoms with E-state index in [-0.39, 0.29) is 37.5 Å². The van der Waals surface area contributed by atoms with Gasteiger partial charge in [-0.1, -0.05) is 60.7 Å². The summed E-state index contributed by atoms with van der Waals surface area (Å²) in [5.74, 6) is -4.44. The summed E-state index contributed by atoms with van der Waals surface area (Å²) in [5, 5.41) is 15.2. The van der Waals surface area contributed by atoms with Crippen molar-refractivity contribution in [2.75, 3.05) is 6.54 Å². The first-order valence-corrected chi connectivity index (χ1v) is 12.7. The van der Waals surface area contributed by atoms with E-state index in [0.29, 0.717) is 5.56 Å². The van der Waals surface area contributed by atoms with Crippen molar-refractivity contribution < 1.29 is 42.2 Å². The number of hydrogen-bond donors (Lipinski definition) is 6. The normalized spacial score (nSPS) is 13.9. The summed E-state index contributed by atoms with van der Waals surface area (Å²) in [5.41, 5.74) is 7.42. The van der Waals surface area contributed by atoms with Gasteiger partial charge in [-0.05, 0) is 30.9 Å². The van der Waals surface area contributed by atoms with Crippen LogP contribution < -0.4 is 27.4 Å². The average Bonchev–Trinajstić information content (AvgIpc) is 2.93. The monoisotopic (exact) mass is 594 g/mol. The summed E-state index contributed by atoms with van der Waals surface area (Å²) in [4.78, 5) is 53.9. The van der Waals surface area contributed by atoms with E-state index in [1.807, 2.05) is 5.32 Å². The Morgan fingerprint density at radius 3 is 2.05 bits per heavy atom. The molecule has 2 aromatic carbocycles. The number of nitrogens with one attached hydrogen (secondary N) is 3. The number of carboxylic acid groups (broad SMARTS) is 1. The van der Waals surface area contributed by atoms with Gasteiger partial charge in [0.15, 0.2) is 5.96 Å². The standard InChI is InChI=1S/C27H33F3N6O6/c1-17(21(37)35-20(22(38)39)13-8-14-33-24(31)32)34-23(40)26(27(28,29)30,15-18-9-4-2-5-10-18)36-25(41)42-16-19-11-6-3-7-12-19/h2-7,9-12,17,20H,8,13-16H2,1H3,(H,34,40)(H,35,37)(H,36,41)(H,38,39)(H4,31,32,33)/t17-,20-,26?/m0/s1. The Morgan fingerprint density at radius 1 is 0.952 bits per heavy atom. The van der Waals surface area contributed by atoms with Crippen LogP contribution in [0.5, 0.6) is 0 Å². The molecule has 15 heteroatoms. The molecule has 0 aliphatic carbocycles. The Balaban J connectivity index is 2.25. The SMILES string of the molecule is C[C@H](NC(=O)C(Cc1ccccc1)(NC(=O)OCc1ccccc1)C(F)(F)F)C(=O)N[C@@H](CCCN=C(N)N)C(=O)O. The maximum Gasteiger partial charge on any atom is 0.421 e. The first kappa shape index (κ1) is 33.4. The Labute approximate surface area is 239 Å². The molecule has 2 rings (SSSR count). The number of aliphatic imine (C=N–C) groups is 1. The molecule has 0 aliphatic heterocycles. The zero-order valence-electron chi connectivity index (χ0n) is 22.7. The maximum atomic E-state index is 14.7. The number of rotatable bonds is 14. The number of alkyl halides is 3. The lowest BCUT2D eigenvalue weighted by atomic mass is 9.88. The fourth-order valence-electron chi connectivity index (χ4n) is 3.76. The van der Waals surface area contributed by atoms with Gasteiger partial charge in [-0.15, -0.1) is 0 Å². The minimum Gasteiger partial charge on any atom is -0.480 e. The van der Waals surface area contributed by atoms with Crippen LogP contribution in [0.4, 0.5) is 18.0 Å². The van der Waals surface area contributed by atoms with E-state index in [2.05, 4.69) is 10.3 Å². The maximum absolute atomic E-state index is 14.7. The number of guanidine groups is 1. The summed E-state index contributed by atoms with van der Waals surface area (Å²) < 4.78 is 49.0. The van der Waals surface area contributed by atoms with Crippen LogP contribution in [0.15, 0.2) is 65.7 Å². The molecule has 0 heterocycles. The number of benzene rings is 2. The molecule has 1 unspecified atom stereocenters. The van der Waals surface area contributed by atoms with E-state index in [1.165, 1.54) is 24.3 Å². The van der Waals surface area contributed by atoms with Crippen LogP contribution in [0.1, 0.15) is 30.9 Å². The van der Waals surface area contributed by atoms with Gasteiger partial charge in [0.2, 0.25) is 11.4 Å². The smallest absolute Gasteiger partial charge is 0.421 e. The van der Waals surface area contributed by atoms with Crippen LogP contribution in [0.2, 0.25) is 0 Å². The molecule has 2 aromatic rings. The minimum absolute atomic E-state index is 0.0529. The van der Waals surface area contributed by atoms with Gasteiger partial charge >= 0.3 is 18.2 Å². The minimum atomic E-state index is -5.36. The highest BCUT2D eigenvalue weighted by Crippen LogP contribution is 2.34. The van der Waals surface area contributed by atoms with Crippen molar-refractivity contribution >= 4 is 29.8 Å². The quantitative estimate of drug-likeness (QED) is 0.108. The number of carbonyl (C=O) groups excluding carboxylic acids is 3. The molecular formula is C27H33F3N6O6. The number of halogens is 3. The lowest BCUT2D eigenvalue weighted by Crippen LogP contribution is -2.70. The van der Waals surface area contributed by atoms with Gasteiger partial charge < -0.3 is 31.9 Å². The van der Waals surface area contributed by atoms with Crippen LogP contribution in [-0.2, 0) is 32.1 Å². The highest BCUT2D eigenvalue weighted by Gasteiger charge is 2.62. The van der Waals surface area contributed by atoms with Crippen molar-refractivity contribution in [3.63, 3.8) is 0 Å². The molecule has 0 spiro atoms. The summed E-state index contributed by atoms with van der Waals surface area (Å²) in [6, 6.07) is 12.2. The summed E-state index contributed by atoms with van der Waals surface area (Å²) >= 11 is 0. The molecule has 228 valence electrons.